The third-order valence-corrected chi connectivity index (χ3v) is 1.86. The molecule has 0 saturated carbocycles. The second-order valence-electron chi connectivity index (χ2n) is 3.37. The Bertz CT molecular complexity index is 265. The van der Waals surface area contributed by atoms with Crippen LogP contribution in [0.4, 0.5) is 13.2 Å². The predicted molar refractivity (Wildman–Crippen MR) is 49.5 cm³/mol. The van der Waals surface area contributed by atoms with Crippen LogP contribution in [-0.2, 0) is 14.3 Å². The first-order valence-corrected chi connectivity index (χ1v) is 4.70. The van der Waals surface area contributed by atoms with Crippen LogP contribution in [-0.4, -0.2) is 42.6 Å². The molecule has 0 heterocycles. The molecule has 0 aromatic heterocycles. The molecule has 0 N–H and O–H groups in total. The molecule has 0 rings (SSSR count). The second-order valence-corrected chi connectivity index (χ2v) is 3.37. The third-order valence-electron chi connectivity index (χ3n) is 1.86. The van der Waals surface area contributed by atoms with Crippen LogP contribution in [0.15, 0.2) is 0 Å². The normalized spacial score (nSPS) is 13.1. The molecule has 0 aliphatic rings. The van der Waals surface area contributed by atoms with Crippen LogP contribution in [0, 0.1) is 0 Å². The van der Waals surface area contributed by atoms with Gasteiger partial charge in [-0.1, -0.05) is 6.92 Å². The van der Waals surface area contributed by atoms with Crippen molar-refractivity contribution in [3.8, 4) is 0 Å². The molecule has 0 radical (unpaired) electrons. The summed E-state index contributed by atoms with van der Waals surface area (Å²) in [4.78, 5) is 22.0. The standard InChI is InChI=1S/C9H14F3NO3/c1-4-6(2)16-7(14)5-13(3)8(15)9(10,11)12/h6H,4-5H2,1-3H3/t6-/m0/s1. The largest absolute Gasteiger partial charge is 0.471 e. The summed E-state index contributed by atoms with van der Waals surface area (Å²) in [7, 11) is 0.897. The van der Waals surface area contributed by atoms with E-state index in [1.807, 2.05) is 0 Å². The van der Waals surface area contributed by atoms with Crippen molar-refractivity contribution in [3.05, 3.63) is 0 Å². The van der Waals surface area contributed by atoms with E-state index < -0.39 is 24.6 Å². The molecule has 0 unspecified atom stereocenters. The number of carbonyl (C=O) groups excluding carboxylic acids is 2. The first-order chi connectivity index (χ1) is 7.18. The summed E-state index contributed by atoms with van der Waals surface area (Å²) in [6.07, 6.45) is -4.78. The second kappa shape index (κ2) is 5.72. The van der Waals surface area contributed by atoms with Crippen LogP contribution >= 0.6 is 0 Å². The number of hydrogen-bond acceptors (Lipinski definition) is 3. The van der Waals surface area contributed by atoms with Crippen LogP contribution in [0.2, 0.25) is 0 Å². The van der Waals surface area contributed by atoms with E-state index in [9.17, 15) is 22.8 Å². The van der Waals surface area contributed by atoms with Crippen LogP contribution in [0.5, 0.6) is 0 Å². The zero-order valence-electron chi connectivity index (χ0n) is 9.30. The third kappa shape index (κ3) is 4.99. The minimum atomic E-state index is -4.97. The topological polar surface area (TPSA) is 46.6 Å². The van der Waals surface area contributed by atoms with Gasteiger partial charge in [-0.05, 0) is 13.3 Å². The summed E-state index contributed by atoms with van der Waals surface area (Å²) < 4.78 is 40.5. The van der Waals surface area contributed by atoms with Crippen molar-refractivity contribution in [2.75, 3.05) is 13.6 Å². The number of amides is 1. The first kappa shape index (κ1) is 14.7. The molecule has 16 heavy (non-hydrogen) atoms. The Morgan fingerprint density at radius 1 is 1.38 bits per heavy atom. The van der Waals surface area contributed by atoms with Gasteiger partial charge in [-0.3, -0.25) is 9.59 Å². The fourth-order valence-corrected chi connectivity index (χ4v) is 0.827. The predicted octanol–water partition coefficient (Wildman–Crippen LogP) is 1.35. The van der Waals surface area contributed by atoms with Crippen LogP contribution in [0.3, 0.4) is 0 Å². The van der Waals surface area contributed by atoms with Gasteiger partial charge < -0.3 is 9.64 Å². The number of esters is 1. The summed E-state index contributed by atoms with van der Waals surface area (Å²) in [6.45, 7) is 2.68. The maximum absolute atomic E-state index is 11.9. The lowest BCUT2D eigenvalue weighted by Crippen LogP contribution is -2.41. The lowest BCUT2D eigenvalue weighted by Gasteiger charge is -2.19. The van der Waals surface area contributed by atoms with E-state index in [0.29, 0.717) is 6.42 Å². The SMILES string of the molecule is CC[C@H](C)OC(=O)CN(C)C(=O)C(F)(F)F. The van der Waals surface area contributed by atoms with E-state index in [-0.39, 0.29) is 11.0 Å². The Labute approximate surface area is 91.4 Å². The van der Waals surface area contributed by atoms with Gasteiger partial charge in [-0.15, -0.1) is 0 Å². The summed E-state index contributed by atoms with van der Waals surface area (Å²) in [5.74, 6) is -2.91. The highest BCUT2D eigenvalue weighted by Crippen LogP contribution is 2.17. The van der Waals surface area contributed by atoms with Crippen molar-refractivity contribution in [3.63, 3.8) is 0 Å². The minimum Gasteiger partial charge on any atom is -0.461 e. The van der Waals surface area contributed by atoms with Gasteiger partial charge in [0, 0.05) is 7.05 Å². The van der Waals surface area contributed by atoms with Gasteiger partial charge in [0.15, 0.2) is 0 Å². The lowest BCUT2D eigenvalue weighted by atomic mass is 10.3. The number of ether oxygens (including phenoxy) is 1. The van der Waals surface area contributed by atoms with Gasteiger partial charge in [0.1, 0.15) is 6.54 Å². The summed E-state index contributed by atoms with van der Waals surface area (Å²) >= 11 is 0. The molecule has 94 valence electrons. The van der Waals surface area contributed by atoms with E-state index in [1.165, 1.54) is 0 Å². The Morgan fingerprint density at radius 2 is 1.88 bits per heavy atom. The average Bonchev–Trinajstić information content (AvgIpc) is 2.14. The van der Waals surface area contributed by atoms with Crippen molar-refractivity contribution in [1.29, 1.82) is 0 Å². The van der Waals surface area contributed by atoms with Gasteiger partial charge in [0.05, 0.1) is 6.10 Å². The summed E-state index contributed by atoms with van der Waals surface area (Å²) in [5.41, 5.74) is 0. The van der Waals surface area contributed by atoms with Crippen molar-refractivity contribution in [2.24, 2.45) is 0 Å². The highest BCUT2D eigenvalue weighted by atomic mass is 19.4. The molecule has 0 aliphatic carbocycles. The van der Waals surface area contributed by atoms with Crippen molar-refractivity contribution < 1.29 is 27.5 Å². The molecule has 0 saturated heterocycles. The van der Waals surface area contributed by atoms with E-state index in [1.54, 1.807) is 13.8 Å². The Morgan fingerprint density at radius 3 is 2.25 bits per heavy atom. The molecule has 1 amide bonds. The van der Waals surface area contributed by atoms with Crippen LogP contribution in [0.25, 0.3) is 0 Å². The van der Waals surface area contributed by atoms with E-state index in [4.69, 9.17) is 4.74 Å². The summed E-state index contributed by atoms with van der Waals surface area (Å²) in [6, 6.07) is 0. The molecule has 0 aromatic carbocycles. The van der Waals surface area contributed by atoms with Gasteiger partial charge in [0.25, 0.3) is 0 Å². The molecule has 0 aromatic rings. The molecular weight excluding hydrogens is 227 g/mol. The van der Waals surface area contributed by atoms with Crippen LogP contribution < -0.4 is 0 Å². The Hall–Kier alpha value is -1.27. The van der Waals surface area contributed by atoms with Gasteiger partial charge in [-0.2, -0.15) is 13.2 Å². The monoisotopic (exact) mass is 241 g/mol. The van der Waals surface area contributed by atoms with E-state index >= 15 is 0 Å². The van der Waals surface area contributed by atoms with Gasteiger partial charge in [-0.25, -0.2) is 0 Å². The summed E-state index contributed by atoms with van der Waals surface area (Å²) in [5, 5.41) is 0. The smallest absolute Gasteiger partial charge is 0.461 e. The number of hydrogen-bond donors (Lipinski definition) is 0. The van der Waals surface area contributed by atoms with E-state index in [2.05, 4.69) is 0 Å². The number of nitrogens with zero attached hydrogens (tertiary/aromatic N) is 1. The lowest BCUT2D eigenvalue weighted by molar-refractivity contribution is -0.185. The first-order valence-electron chi connectivity index (χ1n) is 4.70. The van der Waals surface area contributed by atoms with Gasteiger partial charge >= 0.3 is 18.1 Å². The number of likely N-dealkylation sites (N-methyl/N-ethyl adjacent to an activating group) is 1. The van der Waals surface area contributed by atoms with E-state index in [0.717, 1.165) is 7.05 Å². The fourth-order valence-electron chi connectivity index (χ4n) is 0.827. The number of rotatable bonds is 4. The van der Waals surface area contributed by atoms with Gasteiger partial charge in [0.2, 0.25) is 0 Å². The molecular formula is C9H14F3NO3. The average molecular weight is 241 g/mol. The maximum atomic E-state index is 11.9. The molecule has 1 atom stereocenters. The Kier molecular flexibility index (Phi) is 5.26. The number of halogens is 3. The zero-order valence-corrected chi connectivity index (χ0v) is 9.30. The molecule has 0 aliphatic heterocycles. The highest BCUT2D eigenvalue weighted by molar-refractivity contribution is 5.85. The molecule has 0 bridgehead atoms. The molecule has 7 heteroatoms. The maximum Gasteiger partial charge on any atom is 0.471 e. The molecule has 4 nitrogen and oxygen atoms in total. The van der Waals surface area contributed by atoms with Crippen molar-refractivity contribution in [2.45, 2.75) is 32.5 Å². The number of alkyl halides is 3. The fraction of sp³-hybridized carbons (Fsp3) is 0.778. The highest BCUT2D eigenvalue weighted by Gasteiger charge is 2.41. The number of carbonyl (C=O) groups is 2. The van der Waals surface area contributed by atoms with Crippen molar-refractivity contribution >= 4 is 11.9 Å². The van der Waals surface area contributed by atoms with Crippen LogP contribution in [0.1, 0.15) is 20.3 Å². The van der Waals surface area contributed by atoms with Crippen molar-refractivity contribution in [1.82, 2.24) is 4.90 Å². The molecule has 0 fully saturated rings. The minimum absolute atomic E-state index is 0.282. The Balaban J connectivity index is 4.20. The molecule has 0 spiro atoms. The quantitative estimate of drug-likeness (QED) is 0.698. The zero-order chi connectivity index (χ0) is 12.9.